The zero-order chi connectivity index (χ0) is 14.3. The molecule has 1 aromatic rings. The van der Waals surface area contributed by atoms with Crippen LogP contribution in [0.3, 0.4) is 0 Å². The highest BCUT2D eigenvalue weighted by Crippen LogP contribution is 2.48. The Kier molecular flexibility index (Phi) is 3.23. The Morgan fingerprint density at radius 1 is 1.45 bits per heavy atom. The summed E-state index contributed by atoms with van der Waals surface area (Å²) in [7, 11) is 1.72. The zero-order valence-electron chi connectivity index (χ0n) is 11.5. The predicted octanol–water partition coefficient (Wildman–Crippen LogP) is 1.10. The molecule has 0 saturated heterocycles. The molecule has 0 radical (unpaired) electrons. The predicted molar refractivity (Wildman–Crippen MR) is 70.7 cm³/mol. The Balaban J connectivity index is 1.70. The number of nitrogens with zero attached hydrogens (tertiary/aromatic N) is 2. The van der Waals surface area contributed by atoms with E-state index in [0.29, 0.717) is 17.4 Å². The van der Waals surface area contributed by atoms with Crippen molar-refractivity contribution in [2.24, 2.45) is 24.8 Å². The second-order valence-electron chi connectivity index (χ2n) is 6.01. The minimum atomic E-state index is -1.05. The molecule has 2 saturated carbocycles. The van der Waals surface area contributed by atoms with Crippen LogP contribution in [0, 0.1) is 17.8 Å². The van der Waals surface area contributed by atoms with E-state index in [1.54, 1.807) is 13.2 Å². The first-order valence-electron chi connectivity index (χ1n) is 7.06. The van der Waals surface area contributed by atoms with Crippen LogP contribution in [-0.2, 0) is 16.6 Å². The van der Waals surface area contributed by atoms with E-state index in [2.05, 4.69) is 10.4 Å². The van der Waals surface area contributed by atoms with Gasteiger partial charge >= 0.3 is 5.97 Å². The fourth-order valence-electron chi connectivity index (χ4n) is 3.69. The molecule has 0 spiro atoms. The maximum absolute atomic E-state index is 12.3. The third kappa shape index (κ3) is 2.30. The summed E-state index contributed by atoms with van der Waals surface area (Å²) in [5.74, 6) is -0.0593. The van der Waals surface area contributed by atoms with Crippen molar-refractivity contribution < 1.29 is 14.7 Å². The summed E-state index contributed by atoms with van der Waals surface area (Å²) >= 11 is 0. The number of aromatic nitrogens is 2. The number of aliphatic carboxylic acids is 1. The van der Waals surface area contributed by atoms with E-state index in [1.807, 2.05) is 0 Å². The van der Waals surface area contributed by atoms with Gasteiger partial charge in [-0.25, -0.2) is 4.79 Å². The van der Waals surface area contributed by atoms with Gasteiger partial charge in [0, 0.05) is 24.7 Å². The highest BCUT2D eigenvalue weighted by atomic mass is 16.4. The SMILES string of the molecule is Cn1cc(C(NC(=O)C2CC3CCC2C3)C(=O)O)cn1. The van der Waals surface area contributed by atoms with Crippen molar-refractivity contribution in [3.63, 3.8) is 0 Å². The summed E-state index contributed by atoms with van der Waals surface area (Å²) in [5.41, 5.74) is 0.511. The molecule has 20 heavy (non-hydrogen) atoms. The first-order valence-corrected chi connectivity index (χ1v) is 7.06. The van der Waals surface area contributed by atoms with Gasteiger partial charge < -0.3 is 10.4 Å². The Labute approximate surface area is 117 Å². The van der Waals surface area contributed by atoms with E-state index < -0.39 is 12.0 Å². The molecule has 1 heterocycles. The number of hydrogen-bond acceptors (Lipinski definition) is 3. The zero-order valence-corrected chi connectivity index (χ0v) is 11.5. The maximum atomic E-state index is 12.3. The van der Waals surface area contributed by atoms with Crippen LogP contribution in [0.25, 0.3) is 0 Å². The molecule has 6 nitrogen and oxygen atoms in total. The fraction of sp³-hybridized carbons (Fsp3) is 0.643. The van der Waals surface area contributed by atoms with Gasteiger partial charge in [0.15, 0.2) is 6.04 Å². The summed E-state index contributed by atoms with van der Waals surface area (Å²) in [5, 5.41) is 16.0. The lowest BCUT2D eigenvalue weighted by atomic mass is 9.88. The number of carboxylic acid groups (broad SMARTS) is 1. The van der Waals surface area contributed by atoms with E-state index in [1.165, 1.54) is 17.3 Å². The third-order valence-electron chi connectivity index (χ3n) is 4.67. The van der Waals surface area contributed by atoms with Crippen LogP contribution in [0.5, 0.6) is 0 Å². The van der Waals surface area contributed by atoms with E-state index in [9.17, 15) is 14.7 Å². The molecule has 2 aliphatic rings. The molecule has 2 aliphatic carbocycles. The van der Waals surface area contributed by atoms with Gasteiger partial charge in [0.25, 0.3) is 0 Å². The molecule has 1 amide bonds. The second kappa shape index (κ2) is 4.92. The summed E-state index contributed by atoms with van der Waals surface area (Å²) < 4.78 is 1.54. The number of amides is 1. The largest absolute Gasteiger partial charge is 0.479 e. The van der Waals surface area contributed by atoms with Crippen LogP contribution < -0.4 is 5.32 Å². The Morgan fingerprint density at radius 2 is 2.25 bits per heavy atom. The smallest absolute Gasteiger partial charge is 0.331 e. The van der Waals surface area contributed by atoms with Crippen molar-refractivity contribution in [1.29, 1.82) is 0 Å². The molecule has 4 atom stereocenters. The Bertz CT molecular complexity index is 540. The van der Waals surface area contributed by atoms with Crippen molar-refractivity contribution in [3.8, 4) is 0 Å². The average Bonchev–Trinajstić information content (AvgIpc) is 3.10. The summed E-state index contributed by atoms with van der Waals surface area (Å²) in [4.78, 5) is 23.7. The van der Waals surface area contributed by atoms with Crippen molar-refractivity contribution in [1.82, 2.24) is 15.1 Å². The Hall–Kier alpha value is -1.85. The van der Waals surface area contributed by atoms with Crippen molar-refractivity contribution in [3.05, 3.63) is 18.0 Å². The molecule has 0 aliphatic heterocycles. The lowest BCUT2D eigenvalue weighted by molar-refractivity contribution is -0.143. The number of fused-ring (bicyclic) bond motifs is 2. The highest BCUT2D eigenvalue weighted by molar-refractivity contribution is 5.86. The molecule has 4 unspecified atom stereocenters. The molecular weight excluding hydrogens is 258 g/mol. The van der Waals surface area contributed by atoms with Crippen LogP contribution in [0.2, 0.25) is 0 Å². The lowest BCUT2D eigenvalue weighted by Gasteiger charge is -2.22. The molecule has 1 aromatic heterocycles. The minimum Gasteiger partial charge on any atom is -0.479 e. The van der Waals surface area contributed by atoms with Gasteiger partial charge in [0.05, 0.1) is 6.20 Å². The van der Waals surface area contributed by atoms with Gasteiger partial charge in [0.2, 0.25) is 5.91 Å². The fourth-order valence-corrected chi connectivity index (χ4v) is 3.69. The van der Waals surface area contributed by atoms with Crippen molar-refractivity contribution in [2.45, 2.75) is 31.7 Å². The number of aryl methyl sites for hydroxylation is 1. The number of carbonyl (C=O) groups is 2. The van der Waals surface area contributed by atoms with Crippen LogP contribution in [0.4, 0.5) is 0 Å². The Morgan fingerprint density at radius 3 is 2.75 bits per heavy atom. The summed E-state index contributed by atoms with van der Waals surface area (Å²) in [6.07, 6.45) is 7.48. The first-order chi connectivity index (χ1) is 9.54. The third-order valence-corrected chi connectivity index (χ3v) is 4.67. The van der Waals surface area contributed by atoms with E-state index in [-0.39, 0.29) is 11.8 Å². The average molecular weight is 277 g/mol. The number of carboxylic acids is 1. The number of hydrogen-bond donors (Lipinski definition) is 2. The van der Waals surface area contributed by atoms with Gasteiger partial charge in [-0.05, 0) is 31.1 Å². The molecule has 2 fully saturated rings. The van der Waals surface area contributed by atoms with E-state index in [4.69, 9.17) is 0 Å². The molecule has 3 rings (SSSR count). The molecule has 108 valence electrons. The van der Waals surface area contributed by atoms with Gasteiger partial charge in [-0.1, -0.05) is 6.42 Å². The normalized spacial score (nSPS) is 29.4. The second-order valence-corrected chi connectivity index (χ2v) is 6.01. The van der Waals surface area contributed by atoms with Crippen LogP contribution in [-0.4, -0.2) is 26.8 Å². The molecular formula is C14H19N3O3. The van der Waals surface area contributed by atoms with Crippen LogP contribution >= 0.6 is 0 Å². The van der Waals surface area contributed by atoms with Crippen molar-refractivity contribution >= 4 is 11.9 Å². The van der Waals surface area contributed by atoms with E-state index in [0.717, 1.165) is 19.3 Å². The van der Waals surface area contributed by atoms with Gasteiger partial charge in [-0.15, -0.1) is 0 Å². The number of carbonyl (C=O) groups excluding carboxylic acids is 1. The van der Waals surface area contributed by atoms with Gasteiger partial charge in [-0.2, -0.15) is 5.10 Å². The number of rotatable bonds is 4. The lowest BCUT2D eigenvalue weighted by Crippen LogP contribution is -2.39. The molecule has 0 aromatic carbocycles. The molecule has 2 bridgehead atoms. The summed E-state index contributed by atoms with van der Waals surface area (Å²) in [6.45, 7) is 0. The van der Waals surface area contributed by atoms with E-state index >= 15 is 0 Å². The van der Waals surface area contributed by atoms with Crippen LogP contribution in [0.15, 0.2) is 12.4 Å². The standard InChI is InChI=1S/C14H19N3O3/c1-17-7-10(6-15-17)12(14(19)20)16-13(18)11-5-8-2-3-9(11)4-8/h6-9,11-12H,2-5H2,1H3,(H,16,18)(H,19,20). The topological polar surface area (TPSA) is 84.2 Å². The van der Waals surface area contributed by atoms with Gasteiger partial charge in [0.1, 0.15) is 0 Å². The monoisotopic (exact) mass is 277 g/mol. The molecule has 6 heteroatoms. The highest BCUT2D eigenvalue weighted by Gasteiger charge is 2.43. The first kappa shape index (κ1) is 13.1. The minimum absolute atomic E-state index is 0.00716. The molecule has 2 N–H and O–H groups in total. The maximum Gasteiger partial charge on any atom is 0.331 e. The summed E-state index contributed by atoms with van der Waals surface area (Å²) in [6, 6.07) is -1.00. The van der Waals surface area contributed by atoms with Crippen LogP contribution in [0.1, 0.15) is 37.3 Å². The van der Waals surface area contributed by atoms with Crippen molar-refractivity contribution in [2.75, 3.05) is 0 Å². The van der Waals surface area contributed by atoms with Gasteiger partial charge in [-0.3, -0.25) is 9.48 Å². The number of nitrogens with one attached hydrogen (secondary N) is 1. The quantitative estimate of drug-likeness (QED) is 0.863.